The van der Waals surface area contributed by atoms with Gasteiger partial charge < -0.3 is 13.3 Å². The number of rotatable bonds is 13. The number of halogens is 17. The minimum Gasteiger partial charge on any atom is -0.354 e. The Morgan fingerprint density at radius 2 is 0.771 bits per heavy atom. The summed E-state index contributed by atoms with van der Waals surface area (Å²) in [4.78, 5) is 0. The van der Waals surface area contributed by atoms with Gasteiger partial charge in [0.05, 0.1) is 0 Å². The highest BCUT2D eigenvalue weighted by Crippen LogP contribution is 2.63. The fourth-order valence-electron chi connectivity index (χ4n) is 2.06. The molecule has 0 aromatic carbocycles. The summed E-state index contributed by atoms with van der Waals surface area (Å²) in [6.45, 7) is 0. The summed E-state index contributed by atoms with van der Waals surface area (Å²) in [6, 6.07) is 0. The van der Waals surface area contributed by atoms with E-state index in [0.29, 0.717) is 21.3 Å². The first kappa shape index (κ1) is 33.9. The molecule has 0 spiro atoms. The van der Waals surface area contributed by atoms with Crippen LogP contribution in [0.5, 0.6) is 0 Å². The predicted molar refractivity (Wildman–Crippen MR) is 77.8 cm³/mol. The van der Waals surface area contributed by atoms with E-state index in [1.165, 1.54) is 0 Å². The zero-order valence-corrected chi connectivity index (χ0v) is 18.0. The SMILES string of the molecule is CO[Si](OC)(OC)OC(F)(F)C(F)(F)C(F)(F)C(F)(F)C(F)(F)C(F)(F)C(F)(F)CCC(F)(F)F. The Hall–Kier alpha value is -1.13. The smallest absolute Gasteiger partial charge is 0.354 e. The molecule has 0 aliphatic heterocycles. The van der Waals surface area contributed by atoms with Gasteiger partial charge in [-0.15, -0.1) is 0 Å². The van der Waals surface area contributed by atoms with E-state index in [1.54, 1.807) is 0 Å². The first-order valence-corrected chi connectivity index (χ1v) is 9.80. The lowest BCUT2D eigenvalue weighted by Crippen LogP contribution is -2.74. The Labute approximate surface area is 184 Å². The van der Waals surface area contributed by atoms with Gasteiger partial charge in [-0.05, 0) is 0 Å². The van der Waals surface area contributed by atoms with Crippen molar-refractivity contribution in [3.63, 3.8) is 0 Å². The highest BCUT2D eigenvalue weighted by molar-refractivity contribution is 6.53. The molecule has 0 N–H and O–H groups in total. The van der Waals surface area contributed by atoms with Crippen molar-refractivity contribution >= 4 is 9.05 Å². The molecule has 0 aliphatic rings. The van der Waals surface area contributed by atoms with E-state index >= 15 is 0 Å². The van der Waals surface area contributed by atoms with Crippen molar-refractivity contribution in [1.29, 1.82) is 0 Å². The molecule has 35 heavy (non-hydrogen) atoms. The van der Waals surface area contributed by atoms with Crippen molar-refractivity contribution in [3.05, 3.63) is 0 Å². The molecule has 0 aromatic heterocycles. The van der Waals surface area contributed by atoms with Crippen LogP contribution in [0, 0.1) is 0 Å². The maximum Gasteiger partial charge on any atom is 0.683 e. The van der Waals surface area contributed by atoms with Crippen LogP contribution in [0.3, 0.4) is 0 Å². The average Bonchev–Trinajstić information content (AvgIpc) is 2.69. The highest BCUT2D eigenvalue weighted by atomic mass is 28.4. The third kappa shape index (κ3) is 5.59. The van der Waals surface area contributed by atoms with Crippen molar-refractivity contribution in [1.82, 2.24) is 0 Å². The number of hydrogen-bond donors (Lipinski definition) is 0. The zero-order chi connectivity index (χ0) is 28.7. The summed E-state index contributed by atoms with van der Waals surface area (Å²) in [7, 11) is -4.70. The van der Waals surface area contributed by atoms with E-state index in [4.69, 9.17) is 0 Å². The lowest BCUT2D eigenvalue weighted by molar-refractivity contribution is -0.462. The molecule has 0 heterocycles. The summed E-state index contributed by atoms with van der Waals surface area (Å²) in [5.74, 6) is -47.9. The van der Waals surface area contributed by atoms with Gasteiger partial charge in [0.15, 0.2) is 0 Å². The molecule has 0 aromatic rings. The molecule has 0 atom stereocenters. The van der Waals surface area contributed by atoms with E-state index in [2.05, 4.69) is 17.7 Å². The van der Waals surface area contributed by atoms with Crippen LogP contribution in [-0.2, 0) is 17.7 Å². The van der Waals surface area contributed by atoms with Gasteiger partial charge in [-0.1, -0.05) is 0 Å². The van der Waals surface area contributed by atoms with Crippen molar-refractivity contribution in [2.24, 2.45) is 0 Å². The highest BCUT2D eigenvalue weighted by Gasteiger charge is 2.93. The molecule has 0 fully saturated rings. The molecule has 212 valence electrons. The molecule has 0 saturated carbocycles. The Morgan fingerprint density at radius 1 is 0.457 bits per heavy atom. The summed E-state index contributed by atoms with van der Waals surface area (Å²) < 4.78 is 242. The second-order valence-corrected chi connectivity index (χ2v) is 8.85. The van der Waals surface area contributed by atoms with E-state index in [9.17, 15) is 74.6 Å². The normalized spacial score (nSPS) is 16.1. The van der Waals surface area contributed by atoms with Crippen molar-refractivity contribution in [2.75, 3.05) is 21.3 Å². The van der Waals surface area contributed by atoms with Gasteiger partial charge in [-0.3, -0.25) is 4.43 Å². The minimum atomic E-state index is -8.47. The maximum absolute atomic E-state index is 13.8. The van der Waals surface area contributed by atoms with Gasteiger partial charge >= 0.3 is 56.9 Å². The van der Waals surface area contributed by atoms with Gasteiger partial charge in [-0.2, -0.15) is 74.6 Å². The van der Waals surface area contributed by atoms with Gasteiger partial charge in [0, 0.05) is 34.2 Å². The molecule has 0 unspecified atom stereocenters. The molecule has 0 rings (SSSR count). The van der Waals surface area contributed by atoms with Crippen LogP contribution in [0.25, 0.3) is 0 Å². The summed E-state index contributed by atoms with van der Waals surface area (Å²) in [6.07, 6.45) is -19.3. The van der Waals surface area contributed by atoms with Gasteiger partial charge in [0.2, 0.25) is 0 Å². The van der Waals surface area contributed by atoms with Crippen LogP contribution in [0.4, 0.5) is 74.6 Å². The lowest BCUT2D eigenvalue weighted by atomic mass is 9.89. The van der Waals surface area contributed by atoms with E-state index < -0.39 is 69.7 Å². The molecule has 0 amide bonds. The number of alkyl halides is 17. The number of hydrogen-bond acceptors (Lipinski definition) is 4. The van der Waals surface area contributed by atoms with Crippen LogP contribution in [0.1, 0.15) is 12.8 Å². The molecule has 0 aliphatic carbocycles. The summed E-state index contributed by atoms with van der Waals surface area (Å²) in [5.41, 5.74) is 0. The van der Waals surface area contributed by atoms with Crippen molar-refractivity contribution < 1.29 is 92.3 Å². The molecule has 0 radical (unpaired) electrons. The summed E-state index contributed by atoms with van der Waals surface area (Å²) >= 11 is 0. The Bertz CT molecular complexity index is 711. The fraction of sp³-hybridized carbons (Fsp3) is 1.00. The van der Waals surface area contributed by atoms with Gasteiger partial charge in [-0.25, -0.2) is 0 Å². The first-order valence-electron chi connectivity index (χ1n) is 8.17. The van der Waals surface area contributed by atoms with Crippen molar-refractivity contribution in [2.45, 2.75) is 60.7 Å². The molecule has 0 saturated heterocycles. The third-order valence-electron chi connectivity index (χ3n) is 4.13. The van der Waals surface area contributed by atoms with Crippen LogP contribution in [0.15, 0.2) is 0 Å². The molecular weight excluding hydrogens is 571 g/mol. The van der Waals surface area contributed by atoms with Crippen molar-refractivity contribution in [3.8, 4) is 0 Å². The maximum atomic E-state index is 13.8. The standard InChI is InChI=1S/C13H13F17O4Si/c1-31-35(32-2,33-3)34-13(29,30)12(27,28)11(25,26)10(23,24)9(21,22)8(19,20)6(14,15)4-5-7(16,17)18/h4-5H2,1-3H3. The Kier molecular flexibility index (Phi) is 9.32. The zero-order valence-electron chi connectivity index (χ0n) is 17.0. The largest absolute Gasteiger partial charge is 0.683 e. The molecule has 4 nitrogen and oxygen atoms in total. The fourth-order valence-corrected chi connectivity index (χ4v) is 3.25. The van der Waals surface area contributed by atoms with Gasteiger partial charge in [0.1, 0.15) is 0 Å². The average molecular weight is 584 g/mol. The Balaban J connectivity index is 6.59. The van der Waals surface area contributed by atoms with Crippen LogP contribution < -0.4 is 0 Å². The monoisotopic (exact) mass is 584 g/mol. The van der Waals surface area contributed by atoms with E-state index in [-0.39, 0.29) is 0 Å². The first-order chi connectivity index (χ1) is 15.1. The topological polar surface area (TPSA) is 36.9 Å². The van der Waals surface area contributed by atoms with E-state index in [1.807, 2.05) is 0 Å². The minimum absolute atomic E-state index is 0.303. The lowest BCUT2D eigenvalue weighted by Gasteiger charge is -2.43. The van der Waals surface area contributed by atoms with Crippen LogP contribution >= 0.6 is 0 Å². The van der Waals surface area contributed by atoms with Crippen LogP contribution in [-0.4, -0.2) is 78.2 Å². The van der Waals surface area contributed by atoms with E-state index in [0.717, 1.165) is 0 Å². The molecule has 22 heteroatoms. The van der Waals surface area contributed by atoms with Gasteiger partial charge in [0.25, 0.3) is 0 Å². The quantitative estimate of drug-likeness (QED) is 0.193. The van der Waals surface area contributed by atoms with Crippen LogP contribution in [0.2, 0.25) is 0 Å². The third-order valence-corrected chi connectivity index (χ3v) is 6.13. The summed E-state index contributed by atoms with van der Waals surface area (Å²) in [5, 5.41) is 0. The second-order valence-electron chi connectivity index (χ2n) is 6.42. The molecule has 0 bridgehead atoms. The molecular formula is C13H13F17O4Si. The Morgan fingerprint density at radius 3 is 1.09 bits per heavy atom. The second kappa shape index (κ2) is 9.63. The predicted octanol–water partition coefficient (Wildman–Crippen LogP) is 6.12.